The monoisotopic (exact) mass is 292 g/mol. The zero-order chi connectivity index (χ0) is 13.7. The molecular formula is C14H12O3S2. The lowest BCUT2D eigenvalue weighted by molar-refractivity contribution is -0.142. The third-order valence-electron chi connectivity index (χ3n) is 2.18. The summed E-state index contributed by atoms with van der Waals surface area (Å²) in [5, 5.41) is 11.5. The number of esters is 1. The highest BCUT2D eigenvalue weighted by Gasteiger charge is 2.03. The molecule has 2 aromatic rings. The molecule has 3 nitrogen and oxygen atoms in total. The Morgan fingerprint density at radius 2 is 2.26 bits per heavy atom. The standard InChI is InChI=1S/C14H12O3S2/c1-10(15)17-9-11(16)4-5-12-6-7-14(19-12)13-3-2-8-18-13/h2-3,6-8,11,16H,9H2,1H3. The predicted octanol–water partition coefficient (Wildman–Crippen LogP) is 2.75. The lowest BCUT2D eigenvalue weighted by Gasteiger charge is -2.02. The predicted molar refractivity (Wildman–Crippen MR) is 77.1 cm³/mol. The maximum absolute atomic E-state index is 10.6. The molecule has 0 saturated heterocycles. The van der Waals surface area contributed by atoms with Crippen molar-refractivity contribution in [2.45, 2.75) is 13.0 Å². The van der Waals surface area contributed by atoms with Crippen LogP contribution in [0, 0.1) is 11.8 Å². The second-order valence-corrected chi connectivity index (χ2v) is 5.76. The summed E-state index contributed by atoms with van der Waals surface area (Å²) >= 11 is 3.26. The molecule has 1 N–H and O–H groups in total. The lowest BCUT2D eigenvalue weighted by Crippen LogP contribution is -2.14. The molecule has 0 aliphatic rings. The Balaban J connectivity index is 1.99. The van der Waals surface area contributed by atoms with Gasteiger partial charge in [-0.3, -0.25) is 4.79 Å². The number of aliphatic hydroxyl groups is 1. The molecule has 19 heavy (non-hydrogen) atoms. The molecule has 0 aromatic carbocycles. The van der Waals surface area contributed by atoms with Crippen LogP contribution >= 0.6 is 22.7 Å². The first-order valence-electron chi connectivity index (χ1n) is 5.62. The second-order valence-electron chi connectivity index (χ2n) is 3.73. The largest absolute Gasteiger partial charge is 0.462 e. The average molecular weight is 292 g/mol. The van der Waals surface area contributed by atoms with E-state index in [0.29, 0.717) is 0 Å². The molecule has 2 heterocycles. The highest BCUT2D eigenvalue weighted by molar-refractivity contribution is 7.21. The van der Waals surface area contributed by atoms with Crippen molar-refractivity contribution in [1.29, 1.82) is 0 Å². The Kier molecular flexibility index (Phi) is 4.74. The smallest absolute Gasteiger partial charge is 0.302 e. The zero-order valence-electron chi connectivity index (χ0n) is 10.3. The Hall–Kier alpha value is -1.61. The number of carbonyl (C=O) groups is 1. The van der Waals surface area contributed by atoms with E-state index in [2.05, 4.69) is 22.6 Å². The van der Waals surface area contributed by atoms with Crippen molar-refractivity contribution in [3.63, 3.8) is 0 Å². The summed E-state index contributed by atoms with van der Waals surface area (Å²) in [4.78, 5) is 13.8. The van der Waals surface area contributed by atoms with E-state index >= 15 is 0 Å². The molecule has 2 aromatic heterocycles. The van der Waals surface area contributed by atoms with E-state index in [0.717, 1.165) is 9.75 Å². The first-order valence-corrected chi connectivity index (χ1v) is 7.31. The molecule has 1 atom stereocenters. The van der Waals surface area contributed by atoms with Gasteiger partial charge in [-0.1, -0.05) is 17.9 Å². The van der Waals surface area contributed by atoms with Gasteiger partial charge in [0.2, 0.25) is 0 Å². The van der Waals surface area contributed by atoms with Crippen molar-refractivity contribution < 1.29 is 14.6 Å². The second kappa shape index (κ2) is 6.53. The van der Waals surface area contributed by atoms with Crippen LogP contribution in [0.4, 0.5) is 0 Å². The van der Waals surface area contributed by atoms with E-state index in [1.807, 2.05) is 23.6 Å². The maximum Gasteiger partial charge on any atom is 0.302 e. The van der Waals surface area contributed by atoms with Crippen LogP contribution in [-0.2, 0) is 9.53 Å². The van der Waals surface area contributed by atoms with Crippen LogP contribution in [0.25, 0.3) is 9.75 Å². The summed E-state index contributed by atoms with van der Waals surface area (Å²) in [5.41, 5.74) is 0. The van der Waals surface area contributed by atoms with Gasteiger partial charge in [-0.25, -0.2) is 0 Å². The third kappa shape index (κ3) is 4.21. The summed E-state index contributed by atoms with van der Waals surface area (Å²) in [5.74, 6) is 5.12. The van der Waals surface area contributed by atoms with E-state index in [9.17, 15) is 9.90 Å². The zero-order valence-corrected chi connectivity index (χ0v) is 11.9. The molecule has 2 rings (SSSR count). The van der Waals surface area contributed by atoms with Crippen LogP contribution in [0.15, 0.2) is 29.6 Å². The van der Waals surface area contributed by atoms with E-state index in [-0.39, 0.29) is 6.61 Å². The van der Waals surface area contributed by atoms with Gasteiger partial charge in [-0.2, -0.15) is 0 Å². The highest BCUT2D eigenvalue weighted by Crippen LogP contribution is 2.30. The maximum atomic E-state index is 10.6. The Bertz CT molecular complexity index is 602. The van der Waals surface area contributed by atoms with Gasteiger partial charge in [-0.05, 0) is 23.6 Å². The van der Waals surface area contributed by atoms with Gasteiger partial charge in [0.1, 0.15) is 12.7 Å². The number of aliphatic hydroxyl groups excluding tert-OH is 1. The van der Waals surface area contributed by atoms with Crippen molar-refractivity contribution in [1.82, 2.24) is 0 Å². The van der Waals surface area contributed by atoms with Gasteiger partial charge in [0, 0.05) is 16.7 Å². The van der Waals surface area contributed by atoms with Gasteiger partial charge in [0.15, 0.2) is 0 Å². The minimum absolute atomic E-state index is 0.0918. The molecule has 0 fully saturated rings. The molecule has 5 heteroatoms. The summed E-state index contributed by atoms with van der Waals surface area (Å²) in [6.45, 7) is 1.21. The molecule has 0 radical (unpaired) electrons. The molecular weight excluding hydrogens is 280 g/mol. The van der Waals surface area contributed by atoms with Crippen LogP contribution in [0.5, 0.6) is 0 Å². The molecule has 0 spiro atoms. The quantitative estimate of drug-likeness (QED) is 0.699. The van der Waals surface area contributed by atoms with Crippen molar-refractivity contribution in [2.24, 2.45) is 0 Å². The third-order valence-corrected chi connectivity index (χ3v) is 4.24. The van der Waals surface area contributed by atoms with Crippen molar-refractivity contribution in [3.8, 4) is 21.6 Å². The number of rotatable bonds is 3. The van der Waals surface area contributed by atoms with Crippen LogP contribution in [0.3, 0.4) is 0 Å². The van der Waals surface area contributed by atoms with Gasteiger partial charge < -0.3 is 9.84 Å². The Labute approximate surface area is 119 Å². The van der Waals surface area contributed by atoms with Gasteiger partial charge in [-0.15, -0.1) is 22.7 Å². The molecule has 98 valence electrons. The van der Waals surface area contributed by atoms with Crippen LogP contribution in [0.1, 0.15) is 11.8 Å². The molecule has 0 bridgehead atoms. The summed E-state index contributed by atoms with van der Waals surface area (Å²) in [6, 6.07) is 8.00. The summed E-state index contributed by atoms with van der Waals surface area (Å²) in [7, 11) is 0. The molecule has 1 unspecified atom stereocenters. The number of carbonyl (C=O) groups excluding carboxylic acids is 1. The minimum Gasteiger partial charge on any atom is -0.462 e. The SMILES string of the molecule is CC(=O)OCC(O)C#Cc1ccc(-c2cccs2)s1. The van der Waals surface area contributed by atoms with Crippen molar-refractivity contribution >= 4 is 28.6 Å². The van der Waals surface area contributed by atoms with Crippen molar-refractivity contribution in [2.75, 3.05) is 6.61 Å². The Morgan fingerprint density at radius 1 is 1.42 bits per heavy atom. The number of ether oxygens (including phenoxy) is 1. The van der Waals surface area contributed by atoms with Gasteiger partial charge in [0.05, 0.1) is 4.88 Å². The highest BCUT2D eigenvalue weighted by atomic mass is 32.1. The first kappa shape index (κ1) is 13.8. The van der Waals surface area contributed by atoms with E-state index < -0.39 is 12.1 Å². The van der Waals surface area contributed by atoms with E-state index in [4.69, 9.17) is 0 Å². The lowest BCUT2D eigenvalue weighted by atomic mass is 10.3. The van der Waals surface area contributed by atoms with E-state index in [1.54, 1.807) is 22.7 Å². The molecule has 0 amide bonds. The minimum atomic E-state index is -0.948. The van der Waals surface area contributed by atoms with Crippen LogP contribution in [-0.4, -0.2) is 23.8 Å². The van der Waals surface area contributed by atoms with Crippen LogP contribution < -0.4 is 0 Å². The number of thiophene rings is 2. The number of hydrogen-bond acceptors (Lipinski definition) is 5. The molecule has 0 saturated carbocycles. The van der Waals surface area contributed by atoms with Crippen molar-refractivity contribution in [3.05, 3.63) is 34.5 Å². The summed E-state index contributed by atoms with van der Waals surface area (Å²) in [6.07, 6.45) is -0.948. The molecule has 0 aliphatic heterocycles. The average Bonchev–Trinajstić information content (AvgIpc) is 3.03. The van der Waals surface area contributed by atoms with Gasteiger partial charge >= 0.3 is 5.97 Å². The first-order chi connectivity index (χ1) is 9.15. The topological polar surface area (TPSA) is 46.5 Å². The Morgan fingerprint density at radius 3 is 2.95 bits per heavy atom. The van der Waals surface area contributed by atoms with E-state index in [1.165, 1.54) is 11.8 Å². The normalized spacial score (nSPS) is 11.5. The fraction of sp³-hybridized carbons (Fsp3) is 0.214. The molecule has 0 aliphatic carbocycles. The number of hydrogen-bond donors (Lipinski definition) is 1. The van der Waals surface area contributed by atoms with Gasteiger partial charge in [0.25, 0.3) is 0 Å². The fourth-order valence-electron chi connectivity index (χ4n) is 1.35. The van der Waals surface area contributed by atoms with Crippen LogP contribution in [0.2, 0.25) is 0 Å². The summed E-state index contributed by atoms with van der Waals surface area (Å²) < 4.78 is 4.67. The fourth-order valence-corrected chi connectivity index (χ4v) is 3.05.